The number of rotatable bonds is 1. The highest BCUT2D eigenvalue weighted by atomic mass is 16.6. The third-order valence-corrected chi connectivity index (χ3v) is 12.1. The molecule has 5 heteroatoms. The minimum Gasteiger partial charge on any atom is -0.396 e. The van der Waals surface area contributed by atoms with Crippen molar-refractivity contribution in [1.29, 1.82) is 0 Å². The molecule has 6 rings (SSSR count). The molecule has 13 atom stereocenters. The van der Waals surface area contributed by atoms with Gasteiger partial charge in [0.05, 0.1) is 18.2 Å². The summed E-state index contributed by atoms with van der Waals surface area (Å²) >= 11 is 0. The molecule has 4 N–H and O–H groups in total. The Balaban J connectivity index is 1.29. The van der Waals surface area contributed by atoms with Gasteiger partial charge in [0.1, 0.15) is 0 Å². The van der Waals surface area contributed by atoms with Crippen LogP contribution < -0.4 is 5.32 Å². The third-order valence-electron chi connectivity index (χ3n) is 12.1. The fraction of sp³-hybridized carbons (Fsp3) is 1.00. The largest absolute Gasteiger partial charge is 0.396 e. The van der Waals surface area contributed by atoms with Gasteiger partial charge in [-0.2, -0.15) is 0 Å². The van der Waals surface area contributed by atoms with Crippen LogP contribution in [0.2, 0.25) is 0 Å². The summed E-state index contributed by atoms with van der Waals surface area (Å²) in [4.78, 5) is 0. The number of aliphatic hydroxyl groups excluding tert-OH is 2. The first-order valence-corrected chi connectivity index (χ1v) is 13.6. The Labute approximate surface area is 193 Å². The van der Waals surface area contributed by atoms with Gasteiger partial charge < -0.3 is 25.4 Å². The molecule has 4 aliphatic carbocycles. The fourth-order valence-corrected chi connectivity index (χ4v) is 10.7. The number of piperidine rings is 1. The lowest BCUT2D eigenvalue weighted by Crippen LogP contribution is -2.68. The first-order chi connectivity index (χ1) is 15.2. The maximum Gasteiger partial charge on any atom is 0.182 e. The SMILES string of the molecule is C[C@H]1[C@H]2[C@H](C[C@H]3[C@@H]4CC[C@H]5C[C@@H](O)CC[C@]5(C)[C@H]4CC[C@]23C)O[C@@]2(O)C[C@H](CO)CN[C@@H]12. The summed E-state index contributed by atoms with van der Waals surface area (Å²) in [6.45, 7) is 8.33. The molecule has 6 aliphatic rings. The van der Waals surface area contributed by atoms with Crippen LogP contribution >= 0.6 is 0 Å². The van der Waals surface area contributed by atoms with E-state index in [4.69, 9.17) is 4.74 Å². The van der Waals surface area contributed by atoms with Crippen LogP contribution in [0.1, 0.15) is 78.6 Å². The van der Waals surface area contributed by atoms with Crippen molar-refractivity contribution in [3.63, 3.8) is 0 Å². The van der Waals surface area contributed by atoms with Crippen LogP contribution in [0, 0.1) is 52.3 Å². The van der Waals surface area contributed by atoms with Crippen LogP contribution in [-0.4, -0.2) is 52.5 Å². The number of fused-ring (bicyclic) bond motifs is 8. The Morgan fingerprint density at radius 1 is 1.00 bits per heavy atom. The predicted molar refractivity (Wildman–Crippen MR) is 123 cm³/mol. The zero-order valence-electron chi connectivity index (χ0n) is 20.3. The van der Waals surface area contributed by atoms with Crippen molar-refractivity contribution in [2.75, 3.05) is 13.2 Å². The van der Waals surface area contributed by atoms with E-state index < -0.39 is 5.79 Å². The van der Waals surface area contributed by atoms with Gasteiger partial charge in [-0.15, -0.1) is 0 Å². The Bertz CT molecular complexity index is 747. The highest BCUT2D eigenvalue weighted by Gasteiger charge is 2.67. The summed E-state index contributed by atoms with van der Waals surface area (Å²) in [5.74, 6) is 2.72. The summed E-state index contributed by atoms with van der Waals surface area (Å²) in [7, 11) is 0. The normalized spacial score (nSPS) is 61.7. The highest BCUT2D eigenvalue weighted by molar-refractivity contribution is 5.15. The molecule has 2 heterocycles. The lowest BCUT2D eigenvalue weighted by molar-refractivity contribution is -0.312. The van der Waals surface area contributed by atoms with Crippen LogP contribution in [-0.2, 0) is 4.74 Å². The molecule has 0 aromatic carbocycles. The summed E-state index contributed by atoms with van der Waals surface area (Å²) < 4.78 is 6.64. The van der Waals surface area contributed by atoms with E-state index in [-0.39, 0.29) is 30.8 Å². The Hall–Kier alpha value is -0.200. The highest BCUT2D eigenvalue weighted by Crippen LogP contribution is 2.70. The van der Waals surface area contributed by atoms with Gasteiger partial charge in [-0.1, -0.05) is 20.8 Å². The van der Waals surface area contributed by atoms with Gasteiger partial charge in [-0.05, 0) is 104 Å². The van der Waals surface area contributed by atoms with E-state index in [9.17, 15) is 15.3 Å². The van der Waals surface area contributed by atoms with Crippen molar-refractivity contribution in [2.45, 2.75) is 103 Å². The van der Waals surface area contributed by atoms with Crippen molar-refractivity contribution < 1.29 is 20.1 Å². The molecule has 0 unspecified atom stereocenters. The molecule has 0 aromatic heterocycles. The number of hydrogen-bond donors (Lipinski definition) is 4. The second kappa shape index (κ2) is 7.40. The third kappa shape index (κ3) is 2.93. The first kappa shape index (κ1) is 22.3. The number of nitrogens with one attached hydrogen (secondary N) is 1. The predicted octanol–water partition coefficient (Wildman–Crippen LogP) is 3.31. The number of hydrogen-bond acceptors (Lipinski definition) is 5. The molecular weight excluding hydrogens is 402 g/mol. The summed E-state index contributed by atoms with van der Waals surface area (Å²) in [5, 5.41) is 35.2. The van der Waals surface area contributed by atoms with Crippen LogP contribution in [0.25, 0.3) is 0 Å². The average molecular weight is 448 g/mol. The van der Waals surface area contributed by atoms with Gasteiger partial charge in [0, 0.05) is 19.6 Å². The van der Waals surface area contributed by atoms with Crippen molar-refractivity contribution in [3.05, 3.63) is 0 Å². The molecule has 0 bridgehead atoms. The number of ether oxygens (including phenoxy) is 1. The zero-order chi connectivity index (χ0) is 22.5. The molecule has 0 spiro atoms. The van der Waals surface area contributed by atoms with Crippen LogP contribution in [0.3, 0.4) is 0 Å². The van der Waals surface area contributed by atoms with Crippen LogP contribution in [0.4, 0.5) is 0 Å². The van der Waals surface area contributed by atoms with E-state index in [1.807, 2.05) is 0 Å². The molecule has 182 valence electrons. The van der Waals surface area contributed by atoms with Crippen molar-refractivity contribution >= 4 is 0 Å². The van der Waals surface area contributed by atoms with E-state index in [1.54, 1.807) is 0 Å². The standard InChI is InChI=1S/C27H45NO4/c1-15-23-22(32-27(31)12-16(14-29)13-28-24(15)27)11-21-19-5-4-17-10-18(30)6-8-25(17,2)20(19)7-9-26(21,23)3/h15-24,28-31H,4-14H2,1-3H3/t15-,16-,17-,18-,19+,20-,21-,22-,23-,24-,25-,26-,27-/m0/s1. The van der Waals surface area contributed by atoms with Gasteiger partial charge in [-0.25, -0.2) is 0 Å². The number of aliphatic hydroxyl groups is 3. The zero-order valence-corrected chi connectivity index (χ0v) is 20.3. The monoisotopic (exact) mass is 447 g/mol. The van der Waals surface area contributed by atoms with E-state index >= 15 is 0 Å². The minimum absolute atomic E-state index is 0.0343. The molecule has 2 saturated heterocycles. The quantitative estimate of drug-likeness (QED) is 0.496. The molecule has 2 aliphatic heterocycles. The Kier molecular flexibility index (Phi) is 5.15. The van der Waals surface area contributed by atoms with E-state index in [0.717, 1.165) is 37.6 Å². The smallest absolute Gasteiger partial charge is 0.182 e. The molecule has 4 saturated carbocycles. The molecule has 32 heavy (non-hydrogen) atoms. The lowest BCUT2D eigenvalue weighted by atomic mass is 9.44. The van der Waals surface area contributed by atoms with Crippen LogP contribution in [0.15, 0.2) is 0 Å². The molecule has 5 nitrogen and oxygen atoms in total. The van der Waals surface area contributed by atoms with E-state index in [0.29, 0.717) is 40.9 Å². The lowest BCUT2D eigenvalue weighted by Gasteiger charge is -2.62. The van der Waals surface area contributed by atoms with Gasteiger partial charge in [-0.3, -0.25) is 0 Å². The first-order valence-electron chi connectivity index (χ1n) is 13.6. The van der Waals surface area contributed by atoms with Crippen molar-refractivity contribution in [1.82, 2.24) is 5.32 Å². The molecule has 0 radical (unpaired) electrons. The molecule has 6 fully saturated rings. The molecular formula is C27H45NO4. The second-order valence-electron chi connectivity index (χ2n) is 13.4. The fourth-order valence-electron chi connectivity index (χ4n) is 10.7. The van der Waals surface area contributed by atoms with Crippen molar-refractivity contribution in [3.8, 4) is 0 Å². The summed E-state index contributed by atoms with van der Waals surface area (Å²) in [6, 6.07) is -0.0343. The van der Waals surface area contributed by atoms with E-state index in [2.05, 4.69) is 26.1 Å². The maximum atomic E-state index is 11.6. The average Bonchev–Trinajstić information content (AvgIpc) is 3.05. The minimum atomic E-state index is -1.14. The second-order valence-corrected chi connectivity index (χ2v) is 13.4. The van der Waals surface area contributed by atoms with Gasteiger partial charge in [0.15, 0.2) is 5.79 Å². The van der Waals surface area contributed by atoms with Gasteiger partial charge >= 0.3 is 0 Å². The van der Waals surface area contributed by atoms with Gasteiger partial charge in [0.2, 0.25) is 0 Å². The molecule has 0 amide bonds. The summed E-state index contributed by atoms with van der Waals surface area (Å²) in [5.41, 5.74) is 0.686. The van der Waals surface area contributed by atoms with Gasteiger partial charge in [0.25, 0.3) is 0 Å². The summed E-state index contributed by atoms with van der Waals surface area (Å²) in [6.07, 6.45) is 10.1. The van der Waals surface area contributed by atoms with Crippen molar-refractivity contribution in [2.24, 2.45) is 52.3 Å². The van der Waals surface area contributed by atoms with E-state index in [1.165, 1.54) is 32.1 Å². The molecule has 0 aromatic rings. The van der Waals surface area contributed by atoms with Crippen LogP contribution in [0.5, 0.6) is 0 Å². The Morgan fingerprint density at radius 3 is 2.56 bits per heavy atom. The Morgan fingerprint density at radius 2 is 1.78 bits per heavy atom. The topological polar surface area (TPSA) is 82.0 Å². The maximum absolute atomic E-state index is 11.6.